The second-order valence-electron chi connectivity index (χ2n) is 7.31. The third-order valence-electron chi connectivity index (χ3n) is 5.15. The number of piperidine rings is 1. The van der Waals surface area contributed by atoms with E-state index in [0.717, 1.165) is 0 Å². The number of benzene rings is 1. The number of hydrogen-bond acceptors (Lipinski definition) is 7. The second-order valence-corrected chi connectivity index (χ2v) is 8.88. The van der Waals surface area contributed by atoms with Crippen LogP contribution >= 0.6 is 0 Å². The first-order chi connectivity index (χ1) is 14.1. The van der Waals surface area contributed by atoms with Gasteiger partial charge in [-0.1, -0.05) is 11.8 Å². The van der Waals surface area contributed by atoms with Crippen molar-refractivity contribution in [2.45, 2.75) is 31.0 Å². The molecule has 1 aromatic carbocycles. The highest BCUT2D eigenvalue weighted by atomic mass is 32.2. The normalized spacial score (nSPS) is 21.2. The Hall–Kier alpha value is -2.39. The van der Waals surface area contributed by atoms with E-state index in [0.29, 0.717) is 31.6 Å². The summed E-state index contributed by atoms with van der Waals surface area (Å²) >= 11 is 0. The van der Waals surface area contributed by atoms with Crippen molar-refractivity contribution in [1.29, 1.82) is 0 Å². The summed E-state index contributed by atoms with van der Waals surface area (Å²) in [6.07, 6.45) is -0.892. The number of nitrogens with zero attached hydrogens (tertiary/aromatic N) is 2. The lowest BCUT2D eigenvalue weighted by Gasteiger charge is -2.36. The molecule has 11 heteroatoms. The van der Waals surface area contributed by atoms with Gasteiger partial charge in [-0.15, -0.1) is 0 Å². The maximum Gasteiger partial charge on any atom is 0.414 e. The molecule has 1 atom stereocenters. The zero-order chi connectivity index (χ0) is 21.9. The lowest BCUT2D eigenvalue weighted by Crippen LogP contribution is -2.44. The van der Waals surface area contributed by atoms with Crippen LogP contribution in [0.4, 0.5) is 20.6 Å². The van der Waals surface area contributed by atoms with E-state index >= 15 is 0 Å². The van der Waals surface area contributed by atoms with E-state index in [1.54, 1.807) is 11.0 Å². The molecule has 0 radical (unpaired) electrons. The molecule has 9 nitrogen and oxygen atoms in total. The first-order valence-corrected chi connectivity index (χ1v) is 11.0. The largest absolute Gasteiger partial charge is 0.444 e. The van der Waals surface area contributed by atoms with Crippen molar-refractivity contribution in [2.24, 2.45) is 0 Å². The third-order valence-corrected chi connectivity index (χ3v) is 5.90. The van der Waals surface area contributed by atoms with Gasteiger partial charge in [0, 0.05) is 32.4 Å². The minimum atomic E-state index is -4.16. The Morgan fingerprint density at radius 2 is 2.00 bits per heavy atom. The molecular weight excluding hydrogens is 419 g/mol. The molecule has 1 aromatic rings. The van der Waals surface area contributed by atoms with Gasteiger partial charge in [-0.3, -0.25) is 9.45 Å². The first kappa shape index (κ1) is 22.3. The minimum absolute atomic E-state index is 0.0490. The van der Waals surface area contributed by atoms with Gasteiger partial charge >= 0.3 is 6.09 Å². The topological polar surface area (TPSA) is 128 Å². The zero-order valence-electron chi connectivity index (χ0n) is 16.1. The lowest BCUT2D eigenvalue weighted by molar-refractivity contribution is 0.0742. The number of aliphatic hydroxyl groups is 2. The lowest BCUT2D eigenvalue weighted by atomic mass is 9.91. The van der Waals surface area contributed by atoms with Crippen LogP contribution in [0.5, 0.6) is 0 Å². The molecule has 2 heterocycles. The summed E-state index contributed by atoms with van der Waals surface area (Å²) in [5.74, 6) is 4.01. The van der Waals surface area contributed by atoms with Gasteiger partial charge in [0.15, 0.2) is 0 Å². The standard InChI is InChI=1S/C19H23FN2O7S/c20-16-12-14(22-13-15(29-18(22)24)4-11-30(26,27)28)2-3-17(16)21-8-6-19(25,7-9-21)5-1-10-23/h2-3,12,15,23,25H,4,6-11,13H2,(H,26,27,28)/t15-/m1/s1. The number of halogens is 1. The van der Waals surface area contributed by atoms with Crippen molar-refractivity contribution in [3.05, 3.63) is 24.0 Å². The second kappa shape index (κ2) is 8.77. The van der Waals surface area contributed by atoms with Crippen LogP contribution in [0.2, 0.25) is 0 Å². The highest BCUT2D eigenvalue weighted by Crippen LogP contribution is 2.31. The number of hydrogen-bond donors (Lipinski definition) is 3. The SMILES string of the molecule is O=C1O[C@H](CCS(=O)(=O)O)CN1c1ccc(N2CCC(O)(C#CCO)CC2)c(F)c1. The summed E-state index contributed by atoms with van der Waals surface area (Å²) in [4.78, 5) is 15.0. The summed E-state index contributed by atoms with van der Waals surface area (Å²) in [7, 11) is -4.16. The number of cyclic esters (lactones) is 1. The smallest absolute Gasteiger partial charge is 0.414 e. The molecule has 2 aliphatic rings. The van der Waals surface area contributed by atoms with Crippen molar-refractivity contribution in [3.63, 3.8) is 0 Å². The van der Waals surface area contributed by atoms with Crippen LogP contribution in [-0.2, 0) is 14.9 Å². The molecule has 3 rings (SSSR count). The van der Waals surface area contributed by atoms with E-state index in [1.165, 1.54) is 17.0 Å². The Bertz CT molecular complexity index is 965. The third kappa shape index (κ3) is 5.40. The molecule has 0 spiro atoms. The van der Waals surface area contributed by atoms with E-state index in [9.17, 15) is 22.7 Å². The molecule has 0 aliphatic carbocycles. The van der Waals surface area contributed by atoms with Gasteiger partial charge in [0.05, 0.1) is 23.7 Å². The molecule has 2 fully saturated rings. The fourth-order valence-electron chi connectivity index (χ4n) is 3.53. The Labute approximate surface area is 173 Å². The van der Waals surface area contributed by atoms with Crippen molar-refractivity contribution in [3.8, 4) is 11.8 Å². The van der Waals surface area contributed by atoms with Crippen molar-refractivity contribution < 1.29 is 37.1 Å². The van der Waals surface area contributed by atoms with Crippen molar-refractivity contribution in [2.75, 3.05) is 41.8 Å². The van der Waals surface area contributed by atoms with Crippen LogP contribution in [-0.4, -0.2) is 73.0 Å². The Morgan fingerprint density at radius 1 is 1.30 bits per heavy atom. The molecule has 0 unspecified atom stereocenters. The molecule has 1 amide bonds. The summed E-state index contributed by atoms with van der Waals surface area (Å²) < 4.78 is 50.4. The number of rotatable bonds is 5. The molecule has 0 saturated carbocycles. The fourth-order valence-corrected chi connectivity index (χ4v) is 4.09. The summed E-state index contributed by atoms with van der Waals surface area (Å²) in [6, 6.07) is 4.30. The quantitative estimate of drug-likeness (QED) is 0.450. The van der Waals surface area contributed by atoms with Gasteiger partial charge in [0.1, 0.15) is 24.1 Å². The number of amides is 1. The van der Waals surface area contributed by atoms with Crippen LogP contribution in [0.1, 0.15) is 19.3 Å². The molecule has 30 heavy (non-hydrogen) atoms. The molecule has 2 aliphatic heterocycles. The van der Waals surface area contributed by atoms with Crippen molar-refractivity contribution >= 4 is 27.6 Å². The maximum absolute atomic E-state index is 14.8. The van der Waals surface area contributed by atoms with Crippen LogP contribution in [0, 0.1) is 17.7 Å². The van der Waals surface area contributed by atoms with Crippen LogP contribution in [0.3, 0.4) is 0 Å². The average molecular weight is 442 g/mol. The van der Waals surface area contributed by atoms with Gasteiger partial charge in [0.2, 0.25) is 0 Å². The Morgan fingerprint density at radius 3 is 2.60 bits per heavy atom. The molecule has 0 bridgehead atoms. The molecule has 164 valence electrons. The number of aliphatic hydroxyl groups excluding tert-OH is 1. The highest BCUT2D eigenvalue weighted by molar-refractivity contribution is 7.85. The van der Waals surface area contributed by atoms with Crippen LogP contribution in [0.15, 0.2) is 18.2 Å². The van der Waals surface area contributed by atoms with E-state index < -0.39 is 39.5 Å². The average Bonchev–Trinajstić information content (AvgIpc) is 3.06. The maximum atomic E-state index is 14.8. The van der Waals surface area contributed by atoms with Crippen LogP contribution < -0.4 is 9.80 Å². The monoisotopic (exact) mass is 442 g/mol. The Kier molecular flexibility index (Phi) is 6.52. The fraction of sp³-hybridized carbons (Fsp3) is 0.526. The highest BCUT2D eigenvalue weighted by Gasteiger charge is 2.34. The van der Waals surface area contributed by atoms with Crippen LogP contribution in [0.25, 0.3) is 0 Å². The van der Waals surface area contributed by atoms with E-state index in [2.05, 4.69) is 11.8 Å². The predicted molar refractivity (Wildman–Crippen MR) is 106 cm³/mol. The van der Waals surface area contributed by atoms with E-state index in [-0.39, 0.29) is 25.3 Å². The van der Waals surface area contributed by atoms with E-state index in [4.69, 9.17) is 14.4 Å². The first-order valence-electron chi connectivity index (χ1n) is 9.41. The number of carbonyl (C=O) groups excluding carboxylic acids is 1. The summed E-state index contributed by atoms with van der Waals surface area (Å²) in [6.45, 7) is 0.456. The molecule has 3 N–H and O–H groups in total. The zero-order valence-corrected chi connectivity index (χ0v) is 16.9. The van der Waals surface area contributed by atoms with Gasteiger partial charge in [-0.05, 0) is 18.2 Å². The van der Waals surface area contributed by atoms with Gasteiger partial charge in [-0.25, -0.2) is 9.18 Å². The van der Waals surface area contributed by atoms with E-state index in [1.807, 2.05) is 0 Å². The predicted octanol–water partition coefficient (Wildman–Crippen LogP) is 0.756. The summed E-state index contributed by atoms with van der Waals surface area (Å²) in [5.41, 5.74) is -0.601. The summed E-state index contributed by atoms with van der Waals surface area (Å²) in [5, 5.41) is 19.1. The molecule has 2 saturated heterocycles. The van der Waals surface area contributed by atoms with Crippen molar-refractivity contribution in [1.82, 2.24) is 0 Å². The number of ether oxygens (including phenoxy) is 1. The van der Waals surface area contributed by atoms with Gasteiger partial charge < -0.3 is 19.8 Å². The Balaban J connectivity index is 1.65. The van der Waals surface area contributed by atoms with Gasteiger partial charge in [-0.2, -0.15) is 8.42 Å². The molecule has 0 aromatic heterocycles. The van der Waals surface area contributed by atoms with Gasteiger partial charge in [0.25, 0.3) is 10.1 Å². The minimum Gasteiger partial charge on any atom is -0.444 e. The number of anilines is 2. The molecular formula is C19H23FN2O7S. The number of carbonyl (C=O) groups is 1.